The minimum absolute atomic E-state index is 0.423. The van der Waals surface area contributed by atoms with E-state index in [0.29, 0.717) is 12.0 Å². The zero-order chi connectivity index (χ0) is 14.8. The van der Waals surface area contributed by atoms with Crippen LogP contribution in [-0.4, -0.2) is 22.6 Å². The van der Waals surface area contributed by atoms with Crippen molar-refractivity contribution in [2.45, 2.75) is 64.8 Å². The number of anilines is 2. The molecule has 2 bridgehead atoms. The van der Waals surface area contributed by atoms with Gasteiger partial charge in [-0.3, -0.25) is 0 Å². The Morgan fingerprint density at radius 1 is 1.19 bits per heavy atom. The van der Waals surface area contributed by atoms with Gasteiger partial charge in [0, 0.05) is 18.2 Å². The first kappa shape index (κ1) is 14.6. The maximum Gasteiger partial charge on any atom is 0.135 e. The second kappa shape index (κ2) is 6.20. The fourth-order valence-corrected chi connectivity index (χ4v) is 4.04. The van der Waals surface area contributed by atoms with E-state index >= 15 is 0 Å². The molecule has 2 aliphatic carbocycles. The second-order valence-electron chi connectivity index (χ2n) is 6.99. The summed E-state index contributed by atoms with van der Waals surface area (Å²) in [6.45, 7) is 7.59. The Bertz CT molecular complexity index is 486. The highest BCUT2D eigenvalue weighted by atomic mass is 15.1. The highest BCUT2D eigenvalue weighted by Gasteiger charge is 2.39. The maximum atomic E-state index is 4.55. The van der Waals surface area contributed by atoms with E-state index < -0.39 is 0 Å². The van der Waals surface area contributed by atoms with Crippen LogP contribution in [0, 0.1) is 11.8 Å². The van der Waals surface area contributed by atoms with Crippen LogP contribution in [0.25, 0.3) is 0 Å². The van der Waals surface area contributed by atoms with Crippen molar-refractivity contribution >= 4 is 11.6 Å². The van der Waals surface area contributed by atoms with Gasteiger partial charge in [-0.25, -0.2) is 9.97 Å². The van der Waals surface area contributed by atoms with Gasteiger partial charge < -0.3 is 10.6 Å². The Hall–Kier alpha value is -1.32. The summed E-state index contributed by atoms with van der Waals surface area (Å²) in [6, 6.07) is 0.621. The maximum absolute atomic E-state index is 4.55. The van der Waals surface area contributed by atoms with Gasteiger partial charge in [-0.2, -0.15) is 0 Å². The fraction of sp³-hybridized carbons (Fsp3) is 0.765. The first-order chi connectivity index (χ1) is 10.2. The molecule has 0 amide bonds. The Morgan fingerprint density at radius 2 is 2.00 bits per heavy atom. The quantitative estimate of drug-likeness (QED) is 0.830. The average molecular weight is 288 g/mol. The minimum Gasteiger partial charge on any atom is -0.370 e. The first-order valence-corrected chi connectivity index (χ1v) is 8.54. The number of nitrogens with one attached hydrogen (secondary N) is 2. The molecule has 2 aliphatic rings. The van der Waals surface area contributed by atoms with Crippen molar-refractivity contribution in [2.75, 3.05) is 17.2 Å². The van der Waals surface area contributed by atoms with E-state index in [4.69, 9.17) is 0 Å². The van der Waals surface area contributed by atoms with Crippen LogP contribution in [0.2, 0.25) is 0 Å². The highest BCUT2D eigenvalue weighted by molar-refractivity contribution is 5.59. The number of fused-ring (bicyclic) bond motifs is 2. The molecule has 3 unspecified atom stereocenters. The van der Waals surface area contributed by atoms with Gasteiger partial charge in [-0.05, 0) is 43.4 Å². The number of hydrogen-bond acceptors (Lipinski definition) is 4. The molecule has 0 aliphatic heterocycles. The Morgan fingerprint density at radius 3 is 2.62 bits per heavy atom. The molecule has 116 valence electrons. The van der Waals surface area contributed by atoms with Crippen LogP contribution >= 0.6 is 0 Å². The fourth-order valence-electron chi connectivity index (χ4n) is 4.04. The van der Waals surface area contributed by atoms with Crippen molar-refractivity contribution in [2.24, 2.45) is 11.8 Å². The van der Waals surface area contributed by atoms with Crippen LogP contribution in [0.4, 0.5) is 11.6 Å². The Kier molecular flexibility index (Phi) is 4.32. The lowest BCUT2D eigenvalue weighted by Gasteiger charge is -2.26. The summed E-state index contributed by atoms with van der Waals surface area (Å²) in [5.74, 6) is 4.29. The van der Waals surface area contributed by atoms with Crippen LogP contribution in [0.1, 0.15) is 64.4 Å². The molecule has 0 aromatic carbocycles. The van der Waals surface area contributed by atoms with Gasteiger partial charge in [0.25, 0.3) is 0 Å². The first-order valence-electron chi connectivity index (χ1n) is 8.54. The van der Waals surface area contributed by atoms with Crippen molar-refractivity contribution < 1.29 is 0 Å². The third-order valence-electron chi connectivity index (χ3n) is 5.06. The van der Waals surface area contributed by atoms with Crippen LogP contribution < -0.4 is 10.6 Å². The van der Waals surface area contributed by atoms with Crippen molar-refractivity contribution in [1.82, 2.24) is 9.97 Å². The van der Waals surface area contributed by atoms with Crippen LogP contribution in [-0.2, 0) is 0 Å². The molecule has 0 saturated heterocycles. The van der Waals surface area contributed by atoms with Gasteiger partial charge in [0.15, 0.2) is 0 Å². The van der Waals surface area contributed by atoms with E-state index in [1.807, 2.05) is 0 Å². The molecular formula is C17H28N4. The van der Waals surface area contributed by atoms with Gasteiger partial charge in [-0.1, -0.05) is 27.2 Å². The monoisotopic (exact) mass is 288 g/mol. The molecule has 2 fully saturated rings. The molecule has 21 heavy (non-hydrogen) atoms. The van der Waals surface area contributed by atoms with Gasteiger partial charge in [-0.15, -0.1) is 0 Å². The molecule has 3 rings (SSSR count). The van der Waals surface area contributed by atoms with E-state index in [1.165, 1.54) is 31.2 Å². The summed E-state index contributed by atoms with van der Waals surface area (Å²) in [5.41, 5.74) is 1.24. The number of aromatic nitrogens is 2. The lowest BCUT2D eigenvalue weighted by Crippen LogP contribution is -2.27. The molecular weight excluding hydrogens is 260 g/mol. The molecule has 0 radical (unpaired) electrons. The van der Waals surface area contributed by atoms with Gasteiger partial charge in [0.1, 0.15) is 18.0 Å². The minimum atomic E-state index is 0.423. The largest absolute Gasteiger partial charge is 0.370 e. The van der Waals surface area contributed by atoms with Crippen molar-refractivity contribution in [3.8, 4) is 0 Å². The standard InChI is InChI=1S/C17H28N4/c1-4-7-18-16-15(11(2)3)17(20-10-19-16)21-14-9-12-5-6-13(14)8-12/h10-14H,4-9H2,1-3H3,(H2,18,19,20,21). The van der Waals surface area contributed by atoms with E-state index in [0.717, 1.165) is 36.4 Å². The number of nitrogens with zero attached hydrogens (tertiary/aromatic N) is 2. The van der Waals surface area contributed by atoms with E-state index in [2.05, 4.69) is 41.4 Å². The molecule has 1 heterocycles. The summed E-state index contributed by atoms with van der Waals surface area (Å²) >= 11 is 0. The molecule has 1 aromatic rings. The predicted molar refractivity (Wildman–Crippen MR) is 87.8 cm³/mol. The number of hydrogen-bond donors (Lipinski definition) is 2. The van der Waals surface area contributed by atoms with Crippen molar-refractivity contribution in [3.63, 3.8) is 0 Å². The molecule has 0 spiro atoms. The Balaban J connectivity index is 1.80. The Labute approximate surface area is 128 Å². The molecule has 1 aromatic heterocycles. The van der Waals surface area contributed by atoms with E-state index in [9.17, 15) is 0 Å². The summed E-state index contributed by atoms with van der Waals surface area (Å²) in [6.07, 6.45) is 8.37. The van der Waals surface area contributed by atoms with Crippen LogP contribution in [0.5, 0.6) is 0 Å². The lowest BCUT2D eigenvalue weighted by molar-refractivity contribution is 0.438. The highest BCUT2D eigenvalue weighted by Crippen LogP contribution is 2.46. The van der Waals surface area contributed by atoms with Crippen molar-refractivity contribution in [3.05, 3.63) is 11.9 Å². The molecule has 2 saturated carbocycles. The zero-order valence-electron chi connectivity index (χ0n) is 13.5. The number of rotatable bonds is 6. The molecule has 4 nitrogen and oxygen atoms in total. The summed E-state index contributed by atoms with van der Waals surface area (Å²) in [5, 5.41) is 7.20. The smallest absolute Gasteiger partial charge is 0.135 e. The third-order valence-corrected chi connectivity index (χ3v) is 5.06. The van der Waals surface area contributed by atoms with Gasteiger partial charge >= 0.3 is 0 Å². The summed E-state index contributed by atoms with van der Waals surface area (Å²) < 4.78 is 0. The molecule has 2 N–H and O–H groups in total. The van der Waals surface area contributed by atoms with Crippen LogP contribution in [0.15, 0.2) is 6.33 Å². The molecule has 3 atom stereocenters. The van der Waals surface area contributed by atoms with E-state index in [-0.39, 0.29) is 0 Å². The lowest BCUT2D eigenvalue weighted by atomic mass is 9.95. The zero-order valence-corrected chi connectivity index (χ0v) is 13.5. The van der Waals surface area contributed by atoms with Crippen molar-refractivity contribution in [1.29, 1.82) is 0 Å². The summed E-state index contributed by atoms with van der Waals surface area (Å²) in [4.78, 5) is 9.01. The normalized spacial score (nSPS) is 27.3. The molecule has 4 heteroatoms. The topological polar surface area (TPSA) is 49.8 Å². The average Bonchev–Trinajstić information content (AvgIpc) is 3.07. The van der Waals surface area contributed by atoms with Gasteiger partial charge in [0.2, 0.25) is 0 Å². The predicted octanol–water partition coefficient (Wildman–Crippen LogP) is 4.02. The third kappa shape index (κ3) is 2.99. The van der Waals surface area contributed by atoms with Crippen LogP contribution in [0.3, 0.4) is 0 Å². The second-order valence-corrected chi connectivity index (χ2v) is 6.99. The van der Waals surface area contributed by atoms with E-state index in [1.54, 1.807) is 6.33 Å². The summed E-state index contributed by atoms with van der Waals surface area (Å²) in [7, 11) is 0. The SMILES string of the molecule is CCCNc1ncnc(NC2CC3CCC2C3)c1C(C)C. The van der Waals surface area contributed by atoms with Gasteiger partial charge in [0.05, 0.1) is 0 Å².